The van der Waals surface area contributed by atoms with E-state index in [1.165, 1.54) is 29.4 Å². The van der Waals surface area contributed by atoms with Crippen LogP contribution in [0.15, 0.2) is 35.2 Å². The van der Waals surface area contributed by atoms with Crippen LogP contribution in [0.25, 0.3) is 6.08 Å². The van der Waals surface area contributed by atoms with Crippen LogP contribution in [0.4, 0.5) is 4.39 Å². The Labute approximate surface area is 207 Å². The second kappa shape index (κ2) is 12.2. The first kappa shape index (κ1) is 26.9. The Kier molecular flexibility index (Phi) is 10.3. The van der Waals surface area contributed by atoms with Gasteiger partial charge in [0.1, 0.15) is 5.82 Å². The number of carbonyl (C=O) groups is 2. The first-order valence-corrected chi connectivity index (χ1v) is 11.7. The molecule has 4 rings (SSSR count). The standard InChI is InChI=1S/C21H23FN4O2S2.2ClH/c22-17-4-2-1-3-16(17)20(21(28)13-5-6-13)26-8-7-18(30-19(27)10-23)14(11-26)9-15-12-29-25-24-15;;/h1-4,9,12-13,18,20H,5-8,10-11,23H2;2*1H. The number of piperidine rings is 1. The number of likely N-dealkylation sites (tertiary alicyclic amines) is 1. The van der Waals surface area contributed by atoms with Crippen molar-refractivity contribution in [3.05, 3.63) is 52.3 Å². The number of hydrogen-bond acceptors (Lipinski definition) is 8. The van der Waals surface area contributed by atoms with E-state index < -0.39 is 6.04 Å². The van der Waals surface area contributed by atoms with E-state index >= 15 is 0 Å². The molecule has 1 aliphatic carbocycles. The molecule has 1 saturated heterocycles. The third-order valence-electron chi connectivity index (χ3n) is 5.44. The van der Waals surface area contributed by atoms with Crippen molar-refractivity contribution in [2.75, 3.05) is 19.6 Å². The van der Waals surface area contributed by atoms with Gasteiger partial charge in [0.15, 0.2) is 5.78 Å². The lowest BCUT2D eigenvalue weighted by Crippen LogP contribution is -2.43. The summed E-state index contributed by atoms with van der Waals surface area (Å²) in [7, 11) is 0. The number of rotatable bonds is 7. The zero-order valence-corrected chi connectivity index (χ0v) is 20.5. The number of carbonyl (C=O) groups excluding carboxylic acids is 2. The molecule has 1 aromatic heterocycles. The Morgan fingerprint density at radius 1 is 1.28 bits per heavy atom. The molecular formula is C21H25Cl2FN4O2S2. The molecule has 6 nitrogen and oxygen atoms in total. The predicted octanol–water partition coefficient (Wildman–Crippen LogP) is 3.92. The summed E-state index contributed by atoms with van der Waals surface area (Å²) in [6.07, 6.45) is 4.34. The van der Waals surface area contributed by atoms with Crippen LogP contribution in [0.1, 0.15) is 36.6 Å². The molecule has 174 valence electrons. The molecule has 0 amide bonds. The van der Waals surface area contributed by atoms with E-state index in [0.29, 0.717) is 25.1 Å². The molecule has 1 aliphatic heterocycles. The number of hydrogen-bond donors (Lipinski definition) is 1. The summed E-state index contributed by atoms with van der Waals surface area (Å²) in [5.41, 5.74) is 7.63. The fraction of sp³-hybridized carbons (Fsp3) is 0.429. The van der Waals surface area contributed by atoms with Crippen molar-refractivity contribution in [1.29, 1.82) is 0 Å². The van der Waals surface area contributed by atoms with E-state index in [1.807, 2.05) is 16.4 Å². The van der Waals surface area contributed by atoms with Gasteiger partial charge in [-0.15, -0.1) is 29.9 Å². The van der Waals surface area contributed by atoms with Crippen LogP contribution in [0, 0.1) is 11.7 Å². The number of nitrogens with two attached hydrogens (primary N) is 1. The Hall–Kier alpha value is -1.36. The lowest BCUT2D eigenvalue weighted by Gasteiger charge is -2.38. The number of halogens is 3. The Bertz CT molecular complexity index is 957. The van der Waals surface area contributed by atoms with Crippen LogP contribution in [0.5, 0.6) is 0 Å². The number of Topliss-reactive ketones (excluding diaryl/α,β-unsaturated/α-hetero) is 1. The normalized spacial score (nSPS) is 20.8. The van der Waals surface area contributed by atoms with Crippen molar-refractivity contribution in [2.24, 2.45) is 11.7 Å². The summed E-state index contributed by atoms with van der Waals surface area (Å²) in [5, 5.41) is 5.80. The van der Waals surface area contributed by atoms with Gasteiger partial charge in [-0.1, -0.05) is 34.4 Å². The largest absolute Gasteiger partial charge is 0.323 e. The summed E-state index contributed by atoms with van der Waals surface area (Å²) >= 11 is 2.48. The van der Waals surface area contributed by atoms with E-state index in [-0.39, 0.29) is 59.2 Å². The zero-order chi connectivity index (χ0) is 21.1. The highest BCUT2D eigenvalue weighted by Crippen LogP contribution is 2.40. The number of thioether (sulfide) groups is 1. The van der Waals surface area contributed by atoms with Crippen LogP contribution >= 0.6 is 48.1 Å². The molecule has 0 bridgehead atoms. The quantitative estimate of drug-likeness (QED) is 0.593. The molecule has 2 aromatic rings. The molecule has 0 spiro atoms. The van der Waals surface area contributed by atoms with Crippen LogP contribution in [0.3, 0.4) is 0 Å². The highest BCUT2D eigenvalue weighted by atomic mass is 35.5. The van der Waals surface area contributed by atoms with E-state index in [9.17, 15) is 14.0 Å². The van der Waals surface area contributed by atoms with Gasteiger partial charge in [-0.2, -0.15) is 0 Å². The average molecular weight is 519 g/mol. The van der Waals surface area contributed by atoms with Crippen molar-refractivity contribution >= 4 is 65.1 Å². The van der Waals surface area contributed by atoms with Crippen molar-refractivity contribution in [3.63, 3.8) is 0 Å². The number of benzene rings is 1. The van der Waals surface area contributed by atoms with Crippen molar-refractivity contribution in [3.8, 4) is 0 Å². The second-order valence-corrected chi connectivity index (χ2v) is 9.46. The maximum Gasteiger partial charge on any atom is 0.203 e. The number of aromatic nitrogens is 2. The van der Waals surface area contributed by atoms with Gasteiger partial charge in [0, 0.05) is 35.2 Å². The molecule has 1 aromatic carbocycles. The minimum atomic E-state index is -0.619. The van der Waals surface area contributed by atoms with Crippen molar-refractivity contribution in [1.82, 2.24) is 14.5 Å². The van der Waals surface area contributed by atoms with E-state index in [4.69, 9.17) is 5.73 Å². The Balaban J connectivity index is 0.00000181. The van der Waals surface area contributed by atoms with Crippen LogP contribution in [-0.4, -0.2) is 50.3 Å². The predicted molar refractivity (Wildman–Crippen MR) is 131 cm³/mol. The van der Waals surface area contributed by atoms with Gasteiger partial charge in [0.25, 0.3) is 0 Å². The molecule has 2 fully saturated rings. The zero-order valence-electron chi connectivity index (χ0n) is 17.2. The van der Waals surface area contributed by atoms with Gasteiger partial charge in [0.2, 0.25) is 5.12 Å². The van der Waals surface area contributed by atoms with Crippen molar-refractivity contribution in [2.45, 2.75) is 30.6 Å². The smallest absolute Gasteiger partial charge is 0.203 e. The summed E-state index contributed by atoms with van der Waals surface area (Å²) in [4.78, 5) is 27.2. The molecular weight excluding hydrogens is 494 g/mol. The van der Waals surface area contributed by atoms with E-state index in [2.05, 4.69) is 9.59 Å². The first-order valence-electron chi connectivity index (χ1n) is 9.96. The summed E-state index contributed by atoms with van der Waals surface area (Å²) < 4.78 is 18.6. The van der Waals surface area contributed by atoms with Gasteiger partial charge < -0.3 is 5.73 Å². The molecule has 2 N–H and O–H groups in total. The molecule has 2 heterocycles. The average Bonchev–Trinajstić information content (AvgIpc) is 3.48. The fourth-order valence-corrected chi connectivity index (χ4v) is 5.17. The van der Waals surface area contributed by atoms with E-state index in [1.54, 1.807) is 18.2 Å². The van der Waals surface area contributed by atoms with Gasteiger partial charge in [0.05, 0.1) is 18.3 Å². The van der Waals surface area contributed by atoms with Gasteiger partial charge in [-0.3, -0.25) is 14.5 Å². The number of nitrogens with zero attached hydrogens (tertiary/aromatic N) is 3. The number of ketones is 1. The summed E-state index contributed by atoms with van der Waals surface area (Å²) in [6.45, 7) is 1.04. The first-order chi connectivity index (χ1) is 14.6. The maximum atomic E-state index is 14.7. The molecule has 11 heteroatoms. The Morgan fingerprint density at radius 3 is 2.66 bits per heavy atom. The lowest BCUT2D eigenvalue weighted by atomic mass is 9.93. The molecule has 1 saturated carbocycles. The minimum Gasteiger partial charge on any atom is -0.323 e. The second-order valence-electron chi connectivity index (χ2n) is 7.59. The van der Waals surface area contributed by atoms with Crippen molar-refractivity contribution < 1.29 is 14.0 Å². The molecule has 0 radical (unpaired) electrons. The Morgan fingerprint density at radius 2 is 2.03 bits per heavy atom. The molecule has 2 atom stereocenters. The monoisotopic (exact) mass is 518 g/mol. The van der Waals surface area contributed by atoms with Crippen LogP contribution in [-0.2, 0) is 9.59 Å². The maximum absolute atomic E-state index is 14.7. The third-order valence-corrected chi connectivity index (χ3v) is 7.22. The highest BCUT2D eigenvalue weighted by Gasteiger charge is 2.41. The fourth-order valence-electron chi connectivity index (χ4n) is 3.83. The van der Waals surface area contributed by atoms with Crippen LogP contribution < -0.4 is 5.73 Å². The van der Waals surface area contributed by atoms with Gasteiger partial charge in [-0.25, -0.2) is 4.39 Å². The topological polar surface area (TPSA) is 89.2 Å². The molecule has 2 aliphatic rings. The van der Waals surface area contributed by atoms with Gasteiger partial charge >= 0.3 is 0 Å². The third kappa shape index (κ3) is 6.36. The molecule has 2 unspecified atom stereocenters. The minimum absolute atomic E-state index is 0. The molecule has 32 heavy (non-hydrogen) atoms. The van der Waals surface area contributed by atoms with E-state index in [0.717, 1.165) is 24.1 Å². The highest BCUT2D eigenvalue weighted by molar-refractivity contribution is 8.14. The summed E-state index contributed by atoms with van der Waals surface area (Å²) in [5.74, 6) is -0.268. The van der Waals surface area contributed by atoms with Gasteiger partial charge in [-0.05, 0) is 48.5 Å². The lowest BCUT2D eigenvalue weighted by molar-refractivity contribution is -0.126. The summed E-state index contributed by atoms with van der Waals surface area (Å²) in [6, 6.07) is 5.90. The SMILES string of the molecule is Cl.Cl.NCC(=O)SC1CCN(C(C(=O)C2CC2)c2ccccc2F)CC1=Cc1csnn1. The van der Waals surface area contributed by atoms with Crippen LogP contribution in [0.2, 0.25) is 0 Å².